The molecule has 0 bridgehead atoms. The first-order valence-electron chi connectivity index (χ1n) is 3.57. The van der Waals surface area contributed by atoms with Gasteiger partial charge in [-0.1, -0.05) is 0 Å². The molecule has 0 aliphatic heterocycles. The van der Waals surface area contributed by atoms with Crippen LogP contribution >= 0.6 is 39.5 Å². The summed E-state index contributed by atoms with van der Waals surface area (Å²) in [7, 11) is 0. The molecule has 0 aliphatic rings. The summed E-state index contributed by atoms with van der Waals surface area (Å²) < 4.78 is 1.20. The number of hydrogen-bond acceptors (Lipinski definition) is 2. The molecule has 3 heteroatoms. The number of rotatable bonds is 2. The first kappa shape index (κ1) is 10.5. The van der Waals surface area contributed by atoms with Crippen LogP contribution in [0.25, 0.3) is 0 Å². The van der Waals surface area contributed by atoms with E-state index in [9.17, 15) is 0 Å². The van der Waals surface area contributed by atoms with Crippen molar-refractivity contribution < 1.29 is 0 Å². The van der Waals surface area contributed by atoms with Crippen molar-refractivity contribution in [2.75, 3.05) is 12.5 Å². The molecule has 1 aromatic carbocycles. The quantitative estimate of drug-likeness (QED) is 0.733. The minimum atomic E-state index is 1.20. The molecule has 0 atom stereocenters. The summed E-state index contributed by atoms with van der Waals surface area (Å²) in [6, 6.07) is 4.41. The molecule has 0 nitrogen and oxygen atoms in total. The summed E-state index contributed by atoms with van der Waals surface area (Å²) in [5, 5.41) is 0. The van der Waals surface area contributed by atoms with Crippen molar-refractivity contribution in [2.45, 2.75) is 16.7 Å². The van der Waals surface area contributed by atoms with Crippen LogP contribution in [0, 0.1) is 6.92 Å². The summed E-state index contributed by atoms with van der Waals surface area (Å²) in [6.45, 7) is 2.15. The van der Waals surface area contributed by atoms with Gasteiger partial charge in [0.2, 0.25) is 0 Å². The van der Waals surface area contributed by atoms with Crippen LogP contribution in [-0.4, -0.2) is 12.5 Å². The molecule has 0 heterocycles. The second-order valence-electron chi connectivity index (χ2n) is 2.46. The van der Waals surface area contributed by atoms with Crippen LogP contribution in [0.3, 0.4) is 0 Å². The van der Waals surface area contributed by atoms with Crippen LogP contribution in [0.4, 0.5) is 0 Å². The maximum Gasteiger partial charge on any atom is 0.0322 e. The molecule has 0 saturated carbocycles. The van der Waals surface area contributed by atoms with Gasteiger partial charge in [-0.2, -0.15) is 0 Å². The van der Waals surface area contributed by atoms with Crippen molar-refractivity contribution in [3.63, 3.8) is 0 Å². The lowest BCUT2D eigenvalue weighted by Gasteiger charge is -2.06. The highest BCUT2D eigenvalue weighted by molar-refractivity contribution is 9.10. The molecular weight excluding hydrogens is 252 g/mol. The van der Waals surface area contributed by atoms with Gasteiger partial charge in [0, 0.05) is 14.3 Å². The third-order valence-electron chi connectivity index (χ3n) is 1.67. The zero-order valence-electron chi connectivity index (χ0n) is 7.35. The van der Waals surface area contributed by atoms with Crippen LogP contribution in [0.2, 0.25) is 0 Å². The second-order valence-corrected chi connectivity index (χ2v) is 5.01. The normalized spacial score (nSPS) is 10.3. The van der Waals surface area contributed by atoms with Crippen molar-refractivity contribution in [3.05, 3.63) is 22.2 Å². The SMILES string of the molecule is CSc1cc(Br)c(SC)cc1C. The van der Waals surface area contributed by atoms with Crippen LogP contribution in [0.5, 0.6) is 0 Å². The van der Waals surface area contributed by atoms with Gasteiger partial charge < -0.3 is 0 Å². The van der Waals surface area contributed by atoms with E-state index < -0.39 is 0 Å². The molecule has 66 valence electrons. The van der Waals surface area contributed by atoms with E-state index in [2.05, 4.69) is 47.5 Å². The van der Waals surface area contributed by atoms with E-state index in [0.717, 1.165) is 0 Å². The van der Waals surface area contributed by atoms with Gasteiger partial charge in [0.25, 0.3) is 0 Å². The average Bonchev–Trinajstić information content (AvgIpc) is 2.08. The summed E-state index contributed by atoms with van der Waals surface area (Å²) in [5.41, 5.74) is 1.36. The average molecular weight is 263 g/mol. The lowest BCUT2D eigenvalue weighted by Crippen LogP contribution is -1.81. The largest absolute Gasteiger partial charge is 0.129 e. The first-order chi connectivity index (χ1) is 5.69. The van der Waals surface area contributed by atoms with Gasteiger partial charge in [-0.05, 0) is 53.1 Å². The third-order valence-corrected chi connectivity index (χ3v) is 4.25. The van der Waals surface area contributed by atoms with E-state index in [4.69, 9.17) is 0 Å². The Bertz CT molecular complexity index is 254. The Balaban J connectivity index is 3.16. The zero-order valence-corrected chi connectivity index (χ0v) is 10.6. The van der Waals surface area contributed by atoms with Gasteiger partial charge in [-0.25, -0.2) is 0 Å². The van der Waals surface area contributed by atoms with E-state index in [1.807, 2.05) is 0 Å². The lowest BCUT2D eigenvalue weighted by atomic mass is 10.2. The zero-order chi connectivity index (χ0) is 9.14. The summed E-state index contributed by atoms with van der Waals surface area (Å²) in [4.78, 5) is 2.66. The number of benzene rings is 1. The van der Waals surface area contributed by atoms with Gasteiger partial charge in [0.15, 0.2) is 0 Å². The smallest absolute Gasteiger partial charge is 0.0322 e. The molecule has 0 radical (unpaired) electrons. The van der Waals surface area contributed by atoms with Crippen LogP contribution < -0.4 is 0 Å². The fourth-order valence-electron chi connectivity index (χ4n) is 1.01. The molecule has 0 unspecified atom stereocenters. The standard InChI is InChI=1S/C9H11BrS2/c1-6-4-9(12-3)7(10)5-8(6)11-2/h4-5H,1-3H3. The van der Waals surface area contributed by atoms with Crippen molar-refractivity contribution in [1.82, 2.24) is 0 Å². The fraction of sp³-hybridized carbons (Fsp3) is 0.333. The lowest BCUT2D eigenvalue weighted by molar-refractivity contribution is 1.22. The summed E-state index contributed by atoms with van der Waals surface area (Å²) in [5.74, 6) is 0. The third kappa shape index (κ3) is 2.21. The van der Waals surface area contributed by atoms with Gasteiger partial charge in [0.05, 0.1) is 0 Å². The van der Waals surface area contributed by atoms with Crippen LogP contribution in [0.15, 0.2) is 26.4 Å². The monoisotopic (exact) mass is 262 g/mol. The molecule has 0 spiro atoms. The predicted octanol–water partition coefficient (Wildman–Crippen LogP) is 4.20. The van der Waals surface area contributed by atoms with Crippen molar-refractivity contribution in [3.8, 4) is 0 Å². The Kier molecular flexibility index (Phi) is 4.00. The Morgan fingerprint density at radius 3 is 2.17 bits per heavy atom. The second kappa shape index (κ2) is 4.58. The van der Waals surface area contributed by atoms with Gasteiger partial charge in [-0.3, -0.25) is 0 Å². The van der Waals surface area contributed by atoms with E-state index in [0.29, 0.717) is 0 Å². The number of aryl methyl sites for hydroxylation is 1. The summed E-state index contributed by atoms with van der Waals surface area (Å²) in [6.07, 6.45) is 4.20. The predicted molar refractivity (Wildman–Crippen MR) is 62.4 cm³/mol. The van der Waals surface area contributed by atoms with E-state index in [1.165, 1.54) is 19.8 Å². The Morgan fingerprint density at radius 2 is 1.67 bits per heavy atom. The molecule has 0 N–H and O–H groups in total. The van der Waals surface area contributed by atoms with Crippen molar-refractivity contribution in [1.29, 1.82) is 0 Å². The van der Waals surface area contributed by atoms with E-state index in [-0.39, 0.29) is 0 Å². The molecule has 0 aliphatic carbocycles. The minimum absolute atomic E-state index is 1.20. The van der Waals surface area contributed by atoms with Crippen molar-refractivity contribution in [2.24, 2.45) is 0 Å². The molecule has 0 amide bonds. The first-order valence-corrected chi connectivity index (χ1v) is 6.81. The maximum atomic E-state index is 3.55. The Hall–Kier alpha value is 0.400. The van der Waals surface area contributed by atoms with Gasteiger partial charge in [0.1, 0.15) is 0 Å². The highest BCUT2D eigenvalue weighted by Gasteiger charge is 2.03. The van der Waals surface area contributed by atoms with Crippen molar-refractivity contribution >= 4 is 39.5 Å². The maximum absolute atomic E-state index is 3.55. The molecule has 12 heavy (non-hydrogen) atoms. The molecule has 0 fully saturated rings. The Morgan fingerprint density at radius 1 is 1.08 bits per heavy atom. The van der Waals surface area contributed by atoms with E-state index >= 15 is 0 Å². The molecular formula is C9H11BrS2. The Labute approximate surface area is 90.6 Å². The van der Waals surface area contributed by atoms with Gasteiger partial charge in [-0.15, -0.1) is 23.5 Å². The van der Waals surface area contributed by atoms with Gasteiger partial charge >= 0.3 is 0 Å². The van der Waals surface area contributed by atoms with E-state index in [1.54, 1.807) is 23.5 Å². The molecule has 1 aromatic rings. The summed E-state index contributed by atoms with van der Waals surface area (Å²) >= 11 is 7.11. The highest BCUT2D eigenvalue weighted by Crippen LogP contribution is 2.32. The molecule has 0 saturated heterocycles. The number of halogens is 1. The molecule has 1 rings (SSSR count). The number of thioether (sulfide) groups is 2. The highest BCUT2D eigenvalue weighted by atomic mass is 79.9. The minimum Gasteiger partial charge on any atom is -0.129 e. The van der Waals surface area contributed by atoms with Crippen LogP contribution in [0.1, 0.15) is 5.56 Å². The number of hydrogen-bond donors (Lipinski definition) is 0. The topological polar surface area (TPSA) is 0 Å². The molecule has 0 aromatic heterocycles. The van der Waals surface area contributed by atoms with Crippen LogP contribution in [-0.2, 0) is 0 Å². The fourth-order valence-corrected chi connectivity index (χ4v) is 3.16.